The molecule has 0 spiro atoms. The lowest BCUT2D eigenvalue weighted by Gasteiger charge is -2.36. The van der Waals surface area contributed by atoms with Gasteiger partial charge in [-0.2, -0.15) is 0 Å². The molecule has 0 aliphatic carbocycles. The molecule has 1 aliphatic heterocycles. The van der Waals surface area contributed by atoms with Crippen LogP contribution in [0.3, 0.4) is 0 Å². The number of aromatic nitrogens is 2. The summed E-state index contributed by atoms with van der Waals surface area (Å²) in [6, 6.07) is 5.63. The fourth-order valence-electron chi connectivity index (χ4n) is 3.04. The molecular formula is C18H24N4O2. The number of para-hydroxylation sites is 1. The first kappa shape index (κ1) is 16.5. The van der Waals surface area contributed by atoms with Gasteiger partial charge >= 0.3 is 0 Å². The second-order valence-corrected chi connectivity index (χ2v) is 6.15. The Hall–Kier alpha value is -2.34. The van der Waals surface area contributed by atoms with Gasteiger partial charge in [-0.1, -0.05) is 12.1 Å². The number of anilines is 1. The van der Waals surface area contributed by atoms with Gasteiger partial charge in [0, 0.05) is 44.5 Å². The van der Waals surface area contributed by atoms with E-state index in [-0.39, 0.29) is 5.75 Å². The lowest BCUT2D eigenvalue weighted by Crippen LogP contribution is -2.46. The van der Waals surface area contributed by atoms with Crippen molar-refractivity contribution in [1.29, 1.82) is 0 Å². The second-order valence-electron chi connectivity index (χ2n) is 6.15. The molecule has 2 aromatic rings. The minimum atomic E-state index is 0.239. The molecule has 128 valence electrons. The zero-order valence-electron chi connectivity index (χ0n) is 14.5. The molecule has 0 saturated carbocycles. The molecular weight excluding hydrogens is 304 g/mol. The third kappa shape index (κ3) is 3.43. The summed E-state index contributed by atoms with van der Waals surface area (Å²) >= 11 is 0. The lowest BCUT2D eigenvalue weighted by molar-refractivity contribution is 0.245. The number of piperazine rings is 1. The van der Waals surface area contributed by atoms with Crippen molar-refractivity contribution in [3.63, 3.8) is 0 Å². The standard InChI is InChI=1S/C18H24N4O2/c1-13-11-19-14(2)18(20-13)22-9-7-21(8-10-22)12-15-5-4-6-16(24-3)17(15)23/h4-6,11,23H,7-10,12H2,1-3H3. The van der Waals surface area contributed by atoms with E-state index in [0.29, 0.717) is 5.75 Å². The number of ether oxygens (including phenoxy) is 1. The molecule has 1 aliphatic rings. The maximum atomic E-state index is 10.2. The summed E-state index contributed by atoms with van der Waals surface area (Å²) in [4.78, 5) is 13.7. The largest absolute Gasteiger partial charge is 0.504 e. The predicted octanol–water partition coefficient (Wildman–Crippen LogP) is 2.13. The predicted molar refractivity (Wildman–Crippen MR) is 93.7 cm³/mol. The number of aromatic hydroxyl groups is 1. The summed E-state index contributed by atoms with van der Waals surface area (Å²) in [7, 11) is 1.57. The van der Waals surface area contributed by atoms with E-state index in [9.17, 15) is 5.11 Å². The Morgan fingerprint density at radius 2 is 1.92 bits per heavy atom. The Bertz CT molecular complexity index is 712. The summed E-state index contributed by atoms with van der Waals surface area (Å²) < 4.78 is 5.18. The Morgan fingerprint density at radius 3 is 2.62 bits per heavy atom. The Morgan fingerprint density at radius 1 is 1.17 bits per heavy atom. The summed E-state index contributed by atoms with van der Waals surface area (Å²) in [5, 5.41) is 10.2. The second kappa shape index (κ2) is 7.05. The van der Waals surface area contributed by atoms with Crippen LogP contribution in [0.4, 0.5) is 5.82 Å². The SMILES string of the molecule is COc1cccc(CN2CCN(c3nc(C)cnc3C)CC2)c1O. The van der Waals surface area contributed by atoms with E-state index in [1.54, 1.807) is 19.4 Å². The molecule has 1 aromatic heterocycles. The number of aryl methyl sites for hydroxylation is 2. The summed E-state index contributed by atoms with van der Waals surface area (Å²) in [5.41, 5.74) is 2.81. The van der Waals surface area contributed by atoms with Gasteiger partial charge in [0.15, 0.2) is 11.5 Å². The third-order valence-corrected chi connectivity index (χ3v) is 4.42. The van der Waals surface area contributed by atoms with E-state index >= 15 is 0 Å². The molecule has 1 fully saturated rings. The molecule has 6 nitrogen and oxygen atoms in total. The number of rotatable bonds is 4. The highest BCUT2D eigenvalue weighted by molar-refractivity contribution is 5.46. The number of nitrogens with zero attached hydrogens (tertiary/aromatic N) is 4. The van der Waals surface area contributed by atoms with E-state index < -0.39 is 0 Å². The molecule has 1 aromatic carbocycles. The summed E-state index contributed by atoms with van der Waals surface area (Å²) in [6.07, 6.45) is 1.81. The fraction of sp³-hybridized carbons (Fsp3) is 0.444. The number of benzene rings is 1. The first-order valence-electron chi connectivity index (χ1n) is 8.21. The lowest BCUT2D eigenvalue weighted by atomic mass is 10.1. The number of hydrogen-bond donors (Lipinski definition) is 1. The normalized spacial score (nSPS) is 15.5. The first-order valence-corrected chi connectivity index (χ1v) is 8.21. The summed E-state index contributed by atoms with van der Waals surface area (Å²) in [5.74, 6) is 1.75. The Balaban J connectivity index is 1.64. The van der Waals surface area contributed by atoms with Gasteiger partial charge in [0.2, 0.25) is 0 Å². The van der Waals surface area contributed by atoms with Crippen molar-refractivity contribution in [2.45, 2.75) is 20.4 Å². The van der Waals surface area contributed by atoms with Crippen LogP contribution in [0.2, 0.25) is 0 Å². The molecule has 1 saturated heterocycles. The van der Waals surface area contributed by atoms with Crippen molar-refractivity contribution in [3.8, 4) is 11.5 Å². The van der Waals surface area contributed by atoms with Crippen LogP contribution in [0.1, 0.15) is 17.0 Å². The smallest absolute Gasteiger partial charge is 0.162 e. The molecule has 0 atom stereocenters. The van der Waals surface area contributed by atoms with Crippen molar-refractivity contribution in [1.82, 2.24) is 14.9 Å². The monoisotopic (exact) mass is 328 g/mol. The molecule has 24 heavy (non-hydrogen) atoms. The van der Waals surface area contributed by atoms with Crippen LogP contribution >= 0.6 is 0 Å². The molecule has 0 bridgehead atoms. The topological polar surface area (TPSA) is 61.7 Å². The molecule has 2 heterocycles. The first-order chi connectivity index (χ1) is 11.6. The van der Waals surface area contributed by atoms with Crippen molar-refractivity contribution < 1.29 is 9.84 Å². The van der Waals surface area contributed by atoms with Crippen LogP contribution in [-0.2, 0) is 6.54 Å². The van der Waals surface area contributed by atoms with Crippen LogP contribution in [0.5, 0.6) is 11.5 Å². The zero-order valence-corrected chi connectivity index (χ0v) is 14.5. The maximum absolute atomic E-state index is 10.2. The minimum Gasteiger partial charge on any atom is -0.504 e. The number of hydrogen-bond acceptors (Lipinski definition) is 6. The van der Waals surface area contributed by atoms with E-state index in [1.165, 1.54) is 0 Å². The Labute approximate surface area is 142 Å². The molecule has 3 rings (SSSR count). The van der Waals surface area contributed by atoms with Gasteiger partial charge in [-0.3, -0.25) is 9.88 Å². The number of phenols is 1. The maximum Gasteiger partial charge on any atom is 0.162 e. The fourth-order valence-corrected chi connectivity index (χ4v) is 3.04. The van der Waals surface area contributed by atoms with Crippen molar-refractivity contribution in [2.24, 2.45) is 0 Å². The average molecular weight is 328 g/mol. The molecule has 1 N–H and O–H groups in total. The molecule has 6 heteroatoms. The van der Waals surface area contributed by atoms with Crippen LogP contribution in [0, 0.1) is 13.8 Å². The highest BCUT2D eigenvalue weighted by Crippen LogP contribution is 2.30. The highest BCUT2D eigenvalue weighted by Gasteiger charge is 2.21. The quantitative estimate of drug-likeness (QED) is 0.928. The van der Waals surface area contributed by atoms with Gasteiger partial charge in [-0.15, -0.1) is 0 Å². The van der Waals surface area contributed by atoms with Gasteiger partial charge in [-0.05, 0) is 19.9 Å². The van der Waals surface area contributed by atoms with E-state index in [1.807, 2.05) is 26.0 Å². The van der Waals surface area contributed by atoms with E-state index in [0.717, 1.165) is 55.5 Å². The van der Waals surface area contributed by atoms with Gasteiger partial charge < -0.3 is 14.7 Å². The van der Waals surface area contributed by atoms with E-state index in [4.69, 9.17) is 4.74 Å². The Kier molecular flexibility index (Phi) is 4.85. The van der Waals surface area contributed by atoms with Crippen molar-refractivity contribution in [3.05, 3.63) is 41.3 Å². The molecule has 0 unspecified atom stereocenters. The number of phenolic OH excluding ortho intramolecular Hbond substituents is 1. The van der Waals surface area contributed by atoms with Crippen LogP contribution in [0.15, 0.2) is 24.4 Å². The van der Waals surface area contributed by atoms with Crippen LogP contribution < -0.4 is 9.64 Å². The third-order valence-electron chi connectivity index (χ3n) is 4.42. The van der Waals surface area contributed by atoms with Crippen LogP contribution in [0.25, 0.3) is 0 Å². The van der Waals surface area contributed by atoms with Crippen molar-refractivity contribution >= 4 is 5.82 Å². The van der Waals surface area contributed by atoms with Gasteiger partial charge in [0.05, 0.1) is 18.5 Å². The van der Waals surface area contributed by atoms with Crippen LogP contribution in [-0.4, -0.2) is 53.3 Å². The van der Waals surface area contributed by atoms with Gasteiger partial charge in [0.25, 0.3) is 0 Å². The van der Waals surface area contributed by atoms with Gasteiger partial charge in [0.1, 0.15) is 5.82 Å². The molecule has 0 amide bonds. The van der Waals surface area contributed by atoms with Crippen molar-refractivity contribution in [2.75, 3.05) is 38.2 Å². The number of methoxy groups -OCH3 is 1. The highest BCUT2D eigenvalue weighted by atomic mass is 16.5. The molecule has 0 radical (unpaired) electrons. The zero-order chi connectivity index (χ0) is 17.1. The minimum absolute atomic E-state index is 0.239. The van der Waals surface area contributed by atoms with E-state index in [2.05, 4.69) is 19.8 Å². The van der Waals surface area contributed by atoms with Gasteiger partial charge in [-0.25, -0.2) is 4.98 Å². The average Bonchev–Trinajstić information content (AvgIpc) is 2.60. The summed E-state index contributed by atoms with van der Waals surface area (Å²) in [6.45, 7) is 8.35.